The molecule has 1 aliphatic heterocycles. The van der Waals surface area contributed by atoms with Gasteiger partial charge < -0.3 is 24.6 Å². The zero-order valence-corrected chi connectivity index (χ0v) is 9.10. The van der Waals surface area contributed by atoms with Gasteiger partial charge in [0.05, 0.1) is 0 Å². The van der Waals surface area contributed by atoms with Gasteiger partial charge in [0.15, 0.2) is 0 Å². The normalized spacial score (nSPS) is 19.7. The van der Waals surface area contributed by atoms with E-state index in [9.17, 15) is 4.79 Å². The quantitative estimate of drug-likeness (QED) is 0.443. The van der Waals surface area contributed by atoms with Crippen LogP contribution in [0.15, 0.2) is 0 Å². The smallest absolute Gasteiger partial charge is 0.390 e. The van der Waals surface area contributed by atoms with Gasteiger partial charge in [-0.05, 0) is 6.42 Å². The topological polar surface area (TPSA) is 93.0 Å². The summed E-state index contributed by atoms with van der Waals surface area (Å²) in [6.45, 7) is 3.29. The number of hydrogen-bond acceptors (Lipinski definition) is 4. The van der Waals surface area contributed by atoms with Gasteiger partial charge in [0.2, 0.25) is 0 Å². The Labute approximate surface area is 83.5 Å². The summed E-state index contributed by atoms with van der Waals surface area (Å²) in [6.07, 6.45) is 0.406. The number of rotatable bonds is 4. The maximum absolute atomic E-state index is 11.1. The molecule has 2 amide bonds. The Morgan fingerprint density at radius 1 is 1.57 bits per heavy atom. The number of urea groups is 1. The molecule has 0 aromatic carbocycles. The lowest BCUT2D eigenvalue weighted by Gasteiger charge is -2.21. The number of carbonyl (C=O) groups is 1. The van der Waals surface area contributed by atoms with Crippen LogP contribution in [0.25, 0.3) is 0 Å². The van der Waals surface area contributed by atoms with E-state index >= 15 is 0 Å². The second-order valence-electron chi connectivity index (χ2n) is 3.60. The molecule has 1 rings (SSSR count). The van der Waals surface area contributed by atoms with Crippen molar-refractivity contribution in [2.45, 2.75) is 18.9 Å². The van der Waals surface area contributed by atoms with E-state index in [2.05, 4.69) is 5.32 Å². The number of carbonyl (C=O) groups excluding carboxylic acids is 1. The third-order valence-corrected chi connectivity index (χ3v) is 4.05. The van der Waals surface area contributed by atoms with Gasteiger partial charge in [0.1, 0.15) is 0 Å². The summed E-state index contributed by atoms with van der Waals surface area (Å²) in [5, 5.41) is 2.64. The van der Waals surface area contributed by atoms with Crippen LogP contribution in [0.3, 0.4) is 0 Å². The van der Waals surface area contributed by atoms with Gasteiger partial charge in [0.25, 0.3) is 0 Å². The fourth-order valence-electron chi connectivity index (χ4n) is 1.27. The predicted octanol–water partition coefficient (Wildman–Crippen LogP) is -1.29. The van der Waals surface area contributed by atoms with Gasteiger partial charge in [0, 0.05) is 25.2 Å². The molecule has 0 saturated carbocycles. The lowest BCUT2D eigenvalue weighted by molar-refractivity contribution is 0.198. The van der Waals surface area contributed by atoms with E-state index in [4.69, 9.17) is 14.4 Å². The molecule has 4 N–H and O–H groups in total. The molecule has 1 aliphatic rings. The SMILES string of the molecule is CC(CCN1CCNC1=O)[Si](O)(O)O. The number of nitrogens with one attached hydrogen (secondary N) is 1. The van der Waals surface area contributed by atoms with Crippen molar-refractivity contribution in [1.29, 1.82) is 0 Å². The van der Waals surface area contributed by atoms with Crippen LogP contribution in [-0.4, -0.2) is 53.8 Å². The van der Waals surface area contributed by atoms with Gasteiger partial charge in [-0.25, -0.2) is 4.79 Å². The molecule has 7 heteroatoms. The first-order chi connectivity index (χ1) is 6.41. The Balaban J connectivity index is 2.30. The molecule has 0 bridgehead atoms. The maximum atomic E-state index is 11.1. The molecule has 82 valence electrons. The molecular weight excluding hydrogens is 204 g/mol. The van der Waals surface area contributed by atoms with Crippen LogP contribution in [0.5, 0.6) is 0 Å². The Morgan fingerprint density at radius 2 is 2.21 bits per heavy atom. The van der Waals surface area contributed by atoms with Crippen LogP contribution in [0, 0.1) is 0 Å². The van der Waals surface area contributed by atoms with E-state index in [1.165, 1.54) is 0 Å². The second-order valence-corrected chi connectivity index (χ2v) is 5.96. The van der Waals surface area contributed by atoms with Crippen LogP contribution < -0.4 is 5.32 Å². The standard InChI is InChI=1S/C7H16N2O4Si/c1-6(14(11,12)13)2-4-9-5-3-8-7(9)10/h6,11-13H,2-5H2,1H3,(H,8,10). The van der Waals surface area contributed by atoms with Gasteiger partial charge in [-0.2, -0.15) is 0 Å². The lowest BCUT2D eigenvalue weighted by Crippen LogP contribution is -2.41. The minimum atomic E-state index is -4.01. The highest BCUT2D eigenvalue weighted by atomic mass is 28.4. The number of nitrogens with zero attached hydrogens (tertiary/aromatic N) is 1. The lowest BCUT2D eigenvalue weighted by atomic mass is 10.3. The average molecular weight is 220 g/mol. The monoisotopic (exact) mass is 220 g/mol. The number of hydrogen-bond donors (Lipinski definition) is 4. The summed E-state index contributed by atoms with van der Waals surface area (Å²) in [4.78, 5) is 39.5. The average Bonchev–Trinajstić information content (AvgIpc) is 2.45. The van der Waals surface area contributed by atoms with Crippen molar-refractivity contribution in [2.75, 3.05) is 19.6 Å². The third-order valence-electron chi connectivity index (χ3n) is 2.44. The van der Waals surface area contributed by atoms with E-state index < -0.39 is 14.3 Å². The molecule has 0 aromatic heterocycles. The first-order valence-electron chi connectivity index (χ1n) is 4.61. The fraction of sp³-hybridized carbons (Fsp3) is 0.857. The fourth-order valence-corrected chi connectivity index (χ4v) is 1.78. The Morgan fingerprint density at radius 3 is 2.64 bits per heavy atom. The van der Waals surface area contributed by atoms with Gasteiger partial charge in [-0.1, -0.05) is 6.92 Å². The minimum absolute atomic E-state index is 0.127. The Kier molecular flexibility index (Phi) is 3.48. The van der Waals surface area contributed by atoms with Gasteiger partial charge >= 0.3 is 14.8 Å². The summed E-state index contributed by atoms with van der Waals surface area (Å²) >= 11 is 0. The van der Waals surface area contributed by atoms with Crippen LogP contribution in [0.2, 0.25) is 5.54 Å². The molecule has 1 fully saturated rings. The van der Waals surface area contributed by atoms with Crippen molar-refractivity contribution in [1.82, 2.24) is 10.2 Å². The molecule has 1 heterocycles. The Bertz CT molecular complexity index is 218. The molecule has 0 aromatic rings. The van der Waals surface area contributed by atoms with E-state index in [1.54, 1.807) is 11.8 Å². The molecule has 1 atom stereocenters. The third kappa shape index (κ3) is 2.95. The highest BCUT2D eigenvalue weighted by Crippen LogP contribution is 2.18. The first kappa shape index (κ1) is 11.4. The highest BCUT2D eigenvalue weighted by Gasteiger charge is 2.35. The van der Waals surface area contributed by atoms with Gasteiger partial charge in [-0.15, -0.1) is 0 Å². The minimum Gasteiger partial charge on any atom is -0.390 e. The molecule has 0 spiro atoms. The second kappa shape index (κ2) is 4.26. The van der Waals surface area contributed by atoms with Crippen LogP contribution in [0.1, 0.15) is 13.3 Å². The largest absolute Gasteiger partial charge is 0.495 e. The summed E-state index contributed by atoms with van der Waals surface area (Å²) in [6, 6.07) is -0.127. The molecule has 0 radical (unpaired) electrons. The van der Waals surface area contributed by atoms with Crippen molar-refractivity contribution in [2.24, 2.45) is 0 Å². The highest BCUT2D eigenvalue weighted by molar-refractivity contribution is 6.57. The summed E-state index contributed by atoms with van der Waals surface area (Å²) < 4.78 is 0. The Hall–Kier alpha value is -0.633. The first-order valence-corrected chi connectivity index (χ1v) is 6.53. The van der Waals surface area contributed by atoms with E-state index in [0.717, 1.165) is 0 Å². The zero-order valence-electron chi connectivity index (χ0n) is 8.10. The van der Waals surface area contributed by atoms with E-state index in [1.807, 2.05) is 0 Å². The van der Waals surface area contributed by atoms with Crippen LogP contribution >= 0.6 is 0 Å². The van der Waals surface area contributed by atoms with Crippen molar-refractivity contribution < 1.29 is 19.2 Å². The molecule has 6 nitrogen and oxygen atoms in total. The van der Waals surface area contributed by atoms with E-state index in [0.29, 0.717) is 26.1 Å². The van der Waals surface area contributed by atoms with Crippen molar-refractivity contribution in [3.8, 4) is 0 Å². The molecule has 1 unspecified atom stereocenters. The zero-order chi connectivity index (χ0) is 10.8. The molecule has 0 aliphatic carbocycles. The maximum Gasteiger partial charge on any atom is 0.495 e. The van der Waals surface area contributed by atoms with Crippen molar-refractivity contribution in [3.63, 3.8) is 0 Å². The number of amides is 2. The molecular formula is C7H16N2O4Si. The molecule has 1 saturated heterocycles. The van der Waals surface area contributed by atoms with Crippen molar-refractivity contribution in [3.05, 3.63) is 0 Å². The van der Waals surface area contributed by atoms with Crippen LogP contribution in [0.4, 0.5) is 4.79 Å². The predicted molar refractivity (Wildman–Crippen MR) is 51.4 cm³/mol. The summed E-state index contributed by atoms with van der Waals surface area (Å²) in [5.41, 5.74) is -0.545. The summed E-state index contributed by atoms with van der Waals surface area (Å²) in [7, 11) is -4.01. The molecule has 14 heavy (non-hydrogen) atoms. The van der Waals surface area contributed by atoms with Crippen LogP contribution in [-0.2, 0) is 0 Å². The van der Waals surface area contributed by atoms with Gasteiger partial charge in [-0.3, -0.25) is 0 Å². The summed E-state index contributed by atoms with van der Waals surface area (Å²) in [5.74, 6) is 0. The van der Waals surface area contributed by atoms with E-state index in [-0.39, 0.29) is 6.03 Å². The van der Waals surface area contributed by atoms with Crippen molar-refractivity contribution >= 4 is 14.8 Å².